The first kappa shape index (κ1) is 37.7. The van der Waals surface area contributed by atoms with Gasteiger partial charge < -0.3 is 4.90 Å². The van der Waals surface area contributed by atoms with Gasteiger partial charge in [-0.2, -0.15) is 0 Å². The molecule has 64 heavy (non-hydrogen) atoms. The topological polar surface area (TPSA) is 3.24 Å². The van der Waals surface area contributed by atoms with E-state index in [9.17, 15) is 0 Å². The standard InChI is InChI=1S/C62H41NS/c1-3-15-42(16-4-1)43-29-31-44(32-30-43)45-33-36-50(37-34-45)63(51-21-13-20-47(39-51)54-26-14-27-58-57-25-11-12-28-61(57)64-62(54)58)60-41-49(35-38-53(60)46-17-5-2-6-18-46)59-40-48-19-7-8-22-52(48)55-23-9-10-24-56(55)59/h1-41H. The van der Waals surface area contributed by atoms with E-state index in [0.717, 1.165) is 22.6 Å². The van der Waals surface area contributed by atoms with Gasteiger partial charge in [0.05, 0.1) is 5.69 Å². The molecule has 0 amide bonds. The molecule has 1 nitrogen and oxygen atoms in total. The van der Waals surface area contributed by atoms with Gasteiger partial charge in [0, 0.05) is 37.1 Å². The predicted octanol–water partition coefficient (Wildman–Crippen LogP) is 18.2. The minimum absolute atomic E-state index is 1.08. The van der Waals surface area contributed by atoms with E-state index in [1.54, 1.807) is 0 Å². The first-order valence-corrected chi connectivity index (χ1v) is 22.7. The Balaban J connectivity index is 1.06. The van der Waals surface area contributed by atoms with Gasteiger partial charge in [0.2, 0.25) is 0 Å². The molecule has 0 aliphatic carbocycles. The lowest BCUT2D eigenvalue weighted by Gasteiger charge is -2.29. The van der Waals surface area contributed by atoms with E-state index in [1.165, 1.54) is 91.8 Å². The number of hydrogen-bond donors (Lipinski definition) is 0. The van der Waals surface area contributed by atoms with Crippen molar-refractivity contribution in [2.45, 2.75) is 0 Å². The molecule has 0 saturated heterocycles. The number of nitrogens with zero attached hydrogens (tertiary/aromatic N) is 1. The number of rotatable bonds is 8. The molecule has 0 N–H and O–H groups in total. The molecular formula is C62H41NS. The maximum Gasteiger partial charge on any atom is 0.0546 e. The van der Waals surface area contributed by atoms with Crippen LogP contribution in [-0.2, 0) is 0 Å². The van der Waals surface area contributed by atoms with E-state index < -0.39 is 0 Å². The lowest BCUT2D eigenvalue weighted by molar-refractivity contribution is 1.28. The van der Waals surface area contributed by atoms with Gasteiger partial charge >= 0.3 is 0 Å². The number of anilines is 3. The molecule has 0 radical (unpaired) electrons. The zero-order chi connectivity index (χ0) is 42.4. The lowest BCUT2D eigenvalue weighted by atomic mass is 9.91. The van der Waals surface area contributed by atoms with Crippen LogP contribution in [0.1, 0.15) is 0 Å². The molecule has 0 spiro atoms. The van der Waals surface area contributed by atoms with Crippen LogP contribution in [0.25, 0.3) is 97.4 Å². The van der Waals surface area contributed by atoms with Crippen molar-refractivity contribution in [3.05, 3.63) is 249 Å². The average molecular weight is 832 g/mol. The van der Waals surface area contributed by atoms with Crippen LogP contribution >= 0.6 is 11.3 Å². The number of hydrogen-bond acceptors (Lipinski definition) is 2. The van der Waals surface area contributed by atoms with Crippen molar-refractivity contribution in [3.63, 3.8) is 0 Å². The number of fused-ring (bicyclic) bond motifs is 6. The van der Waals surface area contributed by atoms with Crippen LogP contribution in [0, 0.1) is 0 Å². The van der Waals surface area contributed by atoms with Crippen molar-refractivity contribution in [1.29, 1.82) is 0 Å². The number of thiophene rings is 1. The number of benzene rings is 11. The monoisotopic (exact) mass is 831 g/mol. The average Bonchev–Trinajstić information content (AvgIpc) is 3.76. The Hall–Kier alpha value is -8.04. The highest BCUT2D eigenvalue weighted by atomic mass is 32.1. The second kappa shape index (κ2) is 16.0. The highest BCUT2D eigenvalue weighted by molar-refractivity contribution is 7.26. The molecule has 12 aromatic rings. The van der Waals surface area contributed by atoms with E-state index >= 15 is 0 Å². The van der Waals surface area contributed by atoms with Gasteiger partial charge in [0.1, 0.15) is 0 Å². The Bertz CT molecular complexity index is 3640. The van der Waals surface area contributed by atoms with Gasteiger partial charge in [0.15, 0.2) is 0 Å². The largest absolute Gasteiger partial charge is 0.310 e. The molecule has 2 heteroatoms. The summed E-state index contributed by atoms with van der Waals surface area (Å²) in [5.41, 5.74) is 15.2. The molecule has 12 rings (SSSR count). The molecule has 0 bridgehead atoms. The highest BCUT2D eigenvalue weighted by Gasteiger charge is 2.21. The van der Waals surface area contributed by atoms with E-state index in [4.69, 9.17) is 0 Å². The van der Waals surface area contributed by atoms with Crippen LogP contribution in [0.2, 0.25) is 0 Å². The summed E-state index contributed by atoms with van der Waals surface area (Å²) < 4.78 is 2.62. The first-order valence-electron chi connectivity index (χ1n) is 21.9. The normalized spacial score (nSPS) is 11.4. The van der Waals surface area contributed by atoms with Gasteiger partial charge in [0.25, 0.3) is 0 Å². The zero-order valence-corrected chi connectivity index (χ0v) is 35.8. The summed E-state index contributed by atoms with van der Waals surface area (Å²) in [6, 6.07) is 91.0. The van der Waals surface area contributed by atoms with Crippen LogP contribution < -0.4 is 4.90 Å². The molecule has 11 aromatic carbocycles. The smallest absolute Gasteiger partial charge is 0.0546 e. The zero-order valence-electron chi connectivity index (χ0n) is 35.0. The summed E-state index contributed by atoms with van der Waals surface area (Å²) in [4.78, 5) is 2.46. The fourth-order valence-corrected chi connectivity index (χ4v) is 10.8. The lowest BCUT2D eigenvalue weighted by Crippen LogP contribution is -2.11. The molecule has 0 unspecified atom stereocenters. The fourth-order valence-electron chi connectivity index (χ4n) is 9.54. The van der Waals surface area contributed by atoms with Crippen molar-refractivity contribution in [1.82, 2.24) is 0 Å². The third-order valence-corrected chi connectivity index (χ3v) is 13.9. The second-order valence-corrected chi connectivity index (χ2v) is 17.5. The molecule has 1 heterocycles. The van der Waals surface area contributed by atoms with Crippen molar-refractivity contribution < 1.29 is 0 Å². The van der Waals surface area contributed by atoms with Crippen molar-refractivity contribution in [2.24, 2.45) is 0 Å². The molecule has 0 aliphatic rings. The quantitative estimate of drug-likeness (QED) is 0.138. The molecule has 0 saturated carbocycles. The maximum atomic E-state index is 2.46. The SMILES string of the molecule is c1ccc(-c2ccc(-c3ccc(N(c4cccc(-c5cccc6c5sc5ccccc56)c4)c4cc(-c5cc6ccccc6c6ccccc56)ccc4-c4ccccc4)cc3)cc2)cc1. The maximum absolute atomic E-state index is 2.46. The van der Waals surface area contributed by atoms with Crippen molar-refractivity contribution in [2.75, 3.05) is 4.90 Å². The van der Waals surface area contributed by atoms with Gasteiger partial charge in [-0.3, -0.25) is 0 Å². The Morgan fingerprint density at radius 2 is 0.797 bits per heavy atom. The molecule has 0 aliphatic heterocycles. The van der Waals surface area contributed by atoms with E-state index in [0.29, 0.717) is 0 Å². The summed E-state index contributed by atoms with van der Waals surface area (Å²) >= 11 is 1.88. The van der Waals surface area contributed by atoms with Crippen LogP contribution in [0.15, 0.2) is 249 Å². The third kappa shape index (κ3) is 6.73. The van der Waals surface area contributed by atoms with Gasteiger partial charge in [-0.1, -0.05) is 206 Å². The second-order valence-electron chi connectivity index (χ2n) is 16.4. The van der Waals surface area contributed by atoms with Crippen LogP contribution in [0.3, 0.4) is 0 Å². The summed E-state index contributed by atoms with van der Waals surface area (Å²) in [6.45, 7) is 0. The Labute approximate surface area is 377 Å². The molecule has 300 valence electrons. The van der Waals surface area contributed by atoms with E-state index in [1.807, 2.05) is 11.3 Å². The first-order chi connectivity index (χ1) is 31.7. The highest BCUT2D eigenvalue weighted by Crippen LogP contribution is 2.47. The minimum Gasteiger partial charge on any atom is -0.310 e. The molecule has 0 atom stereocenters. The Morgan fingerprint density at radius 3 is 1.55 bits per heavy atom. The molecular weight excluding hydrogens is 791 g/mol. The molecule has 1 aromatic heterocycles. The van der Waals surface area contributed by atoms with E-state index in [2.05, 4.69) is 254 Å². The van der Waals surface area contributed by atoms with Crippen molar-refractivity contribution in [3.8, 4) is 55.6 Å². The van der Waals surface area contributed by atoms with Gasteiger partial charge in [-0.25, -0.2) is 0 Å². The molecule has 0 fully saturated rings. The van der Waals surface area contributed by atoms with Crippen LogP contribution in [0.5, 0.6) is 0 Å². The Kier molecular flexibility index (Phi) is 9.43. The third-order valence-electron chi connectivity index (χ3n) is 12.7. The predicted molar refractivity (Wildman–Crippen MR) is 276 cm³/mol. The van der Waals surface area contributed by atoms with Gasteiger partial charge in [-0.15, -0.1) is 11.3 Å². The van der Waals surface area contributed by atoms with Crippen LogP contribution in [-0.4, -0.2) is 0 Å². The minimum atomic E-state index is 1.08. The summed E-state index contributed by atoms with van der Waals surface area (Å²) in [5, 5.41) is 7.61. The van der Waals surface area contributed by atoms with Gasteiger partial charge in [-0.05, 0) is 114 Å². The van der Waals surface area contributed by atoms with Crippen LogP contribution in [0.4, 0.5) is 17.1 Å². The fraction of sp³-hybridized carbons (Fsp3) is 0. The summed E-state index contributed by atoms with van der Waals surface area (Å²) in [5.74, 6) is 0. The summed E-state index contributed by atoms with van der Waals surface area (Å²) in [7, 11) is 0. The van der Waals surface area contributed by atoms with E-state index in [-0.39, 0.29) is 0 Å². The van der Waals surface area contributed by atoms with Crippen molar-refractivity contribution >= 4 is 70.1 Å². The summed E-state index contributed by atoms with van der Waals surface area (Å²) in [6.07, 6.45) is 0. The Morgan fingerprint density at radius 1 is 0.266 bits per heavy atom.